The fraction of sp³-hybridized carbons (Fsp3) is 0.143. The Kier molecular flexibility index (Phi) is 4.70. The van der Waals surface area contributed by atoms with Crippen LogP contribution >= 0.6 is 0 Å². The van der Waals surface area contributed by atoms with Crippen molar-refractivity contribution in [3.63, 3.8) is 0 Å². The van der Waals surface area contributed by atoms with Crippen LogP contribution in [0.1, 0.15) is 20.7 Å². The fourth-order valence-corrected chi connectivity index (χ4v) is 2.19. The molecule has 0 radical (unpaired) electrons. The number of rotatable bonds is 4. The van der Waals surface area contributed by atoms with E-state index in [1.54, 1.807) is 12.1 Å². The third-order valence-corrected chi connectivity index (χ3v) is 3.68. The van der Waals surface area contributed by atoms with Crippen molar-refractivity contribution >= 4 is 27.4 Å². The molecule has 0 aliphatic rings. The standard InChI is InChI=1S/C14H13N3O5S/c1-22-13(19)10-5-3-4-6-11(10)17-12(18)9-7-15-14(16-8-9)23(2,20)21/h3-8H,1-2H3,(H,17,18). The van der Waals surface area contributed by atoms with E-state index >= 15 is 0 Å². The van der Waals surface area contributed by atoms with Gasteiger partial charge >= 0.3 is 5.97 Å². The summed E-state index contributed by atoms with van der Waals surface area (Å²) in [6.45, 7) is 0. The van der Waals surface area contributed by atoms with Crippen LogP contribution in [0.4, 0.5) is 5.69 Å². The summed E-state index contributed by atoms with van der Waals surface area (Å²) in [7, 11) is -2.31. The molecule has 0 fully saturated rings. The van der Waals surface area contributed by atoms with Gasteiger partial charge in [-0.15, -0.1) is 0 Å². The lowest BCUT2D eigenvalue weighted by Crippen LogP contribution is -2.16. The van der Waals surface area contributed by atoms with Crippen molar-refractivity contribution < 1.29 is 22.7 Å². The van der Waals surface area contributed by atoms with Gasteiger partial charge in [-0.05, 0) is 12.1 Å². The monoisotopic (exact) mass is 335 g/mol. The molecule has 23 heavy (non-hydrogen) atoms. The van der Waals surface area contributed by atoms with Gasteiger partial charge in [-0.1, -0.05) is 12.1 Å². The SMILES string of the molecule is COC(=O)c1ccccc1NC(=O)c1cnc(S(C)(=O)=O)nc1. The maximum Gasteiger partial charge on any atom is 0.339 e. The molecule has 1 amide bonds. The second-order valence-corrected chi connectivity index (χ2v) is 6.43. The molecule has 2 rings (SSSR count). The minimum atomic E-state index is -3.54. The minimum absolute atomic E-state index is 0.0528. The van der Waals surface area contributed by atoms with Crippen molar-refractivity contribution in [1.29, 1.82) is 0 Å². The first-order valence-corrected chi connectivity index (χ1v) is 8.23. The van der Waals surface area contributed by atoms with Crippen molar-refractivity contribution in [2.75, 3.05) is 18.7 Å². The Labute approximate surface area is 132 Å². The molecule has 0 atom stereocenters. The molecule has 120 valence electrons. The fourth-order valence-electron chi connectivity index (χ4n) is 1.70. The Morgan fingerprint density at radius 2 is 1.74 bits per heavy atom. The third kappa shape index (κ3) is 3.89. The molecule has 1 aromatic heterocycles. The highest BCUT2D eigenvalue weighted by molar-refractivity contribution is 7.90. The van der Waals surface area contributed by atoms with Crippen LogP contribution in [0.5, 0.6) is 0 Å². The van der Waals surface area contributed by atoms with E-state index in [0.717, 1.165) is 18.6 Å². The highest BCUT2D eigenvalue weighted by Gasteiger charge is 2.16. The first-order valence-electron chi connectivity index (χ1n) is 6.33. The summed E-state index contributed by atoms with van der Waals surface area (Å²) in [5, 5.41) is 2.16. The number of esters is 1. The Morgan fingerprint density at radius 1 is 1.13 bits per heavy atom. The van der Waals surface area contributed by atoms with Gasteiger partial charge in [-0.3, -0.25) is 4.79 Å². The zero-order valence-electron chi connectivity index (χ0n) is 12.3. The number of hydrogen-bond acceptors (Lipinski definition) is 7. The highest BCUT2D eigenvalue weighted by atomic mass is 32.2. The molecule has 9 heteroatoms. The van der Waals surface area contributed by atoms with Crippen LogP contribution in [-0.4, -0.2) is 43.6 Å². The van der Waals surface area contributed by atoms with E-state index in [1.807, 2.05) is 0 Å². The summed E-state index contributed by atoms with van der Waals surface area (Å²) < 4.78 is 27.2. The van der Waals surface area contributed by atoms with Gasteiger partial charge in [0.2, 0.25) is 15.0 Å². The third-order valence-electron chi connectivity index (χ3n) is 2.80. The second-order valence-electron chi connectivity index (χ2n) is 4.52. The van der Waals surface area contributed by atoms with Gasteiger partial charge in [0.25, 0.3) is 5.91 Å². The highest BCUT2D eigenvalue weighted by Crippen LogP contribution is 2.17. The van der Waals surface area contributed by atoms with Gasteiger partial charge in [-0.25, -0.2) is 23.2 Å². The molecule has 0 aliphatic heterocycles. The van der Waals surface area contributed by atoms with Crippen molar-refractivity contribution in [3.05, 3.63) is 47.8 Å². The predicted octanol–water partition coefficient (Wildman–Crippen LogP) is 0.919. The van der Waals surface area contributed by atoms with E-state index in [0.29, 0.717) is 0 Å². The number of para-hydroxylation sites is 1. The smallest absolute Gasteiger partial charge is 0.339 e. The summed E-state index contributed by atoms with van der Waals surface area (Å²) >= 11 is 0. The minimum Gasteiger partial charge on any atom is -0.465 e. The maximum absolute atomic E-state index is 12.1. The van der Waals surface area contributed by atoms with E-state index in [4.69, 9.17) is 0 Å². The van der Waals surface area contributed by atoms with E-state index in [2.05, 4.69) is 20.0 Å². The number of nitrogens with one attached hydrogen (secondary N) is 1. The summed E-state index contributed by atoms with van der Waals surface area (Å²) in [6, 6.07) is 6.32. The number of sulfone groups is 1. The van der Waals surface area contributed by atoms with Crippen molar-refractivity contribution in [2.24, 2.45) is 0 Å². The molecule has 1 N–H and O–H groups in total. The van der Waals surface area contributed by atoms with Crippen LogP contribution in [0.2, 0.25) is 0 Å². The number of aromatic nitrogens is 2. The van der Waals surface area contributed by atoms with Crippen LogP contribution in [0.25, 0.3) is 0 Å². The molecular weight excluding hydrogens is 322 g/mol. The predicted molar refractivity (Wildman–Crippen MR) is 80.9 cm³/mol. The Hall–Kier alpha value is -2.81. The Balaban J connectivity index is 2.25. The molecule has 0 aliphatic carbocycles. The van der Waals surface area contributed by atoms with Crippen LogP contribution in [-0.2, 0) is 14.6 Å². The van der Waals surface area contributed by atoms with Crippen molar-refractivity contribution in [1.82, 2.24) is 9.97 Å². The van der Waals surface area contributed by atoms with E-state index in [-0.39, 0.29) is 22.0 Å². The topological polar surface area (TPSA) is 115 Å². The molecule has 0 saturated heterocycles. The average molecular weight is 335 g/mol. The zero-order chi connectivity index (χ0) is 17.0. The number of nitrogens with zero attached hydrogens (tertiary/aromatic N) is 2. The number of amides is 1. The summed E-state index contributed by atoms with van der Waals surface area (Å²) in [5.74, 6) is -1.18. The van der Waals surface area contributed by atoms with E-state index < -0.39 is 21.7 Å². The van der Waals surface area contributed by atoms with Crippen LogP contribution in [0.15, 0.2) is 41.8 Å². The summed E-state index contributed by atoms with van der Waals surface area (Å²) in [6.07, 6.45) is 3.16. The van der Waals surface area contributed by atoms with Gasteiger partial charge in [-0.2, -0.15) is 0 Å². The molecule has 0 unspecified atom stereocenters. The molecule has 0 saturated carbocycles. The molecule has 0 bridgehead atoms. The molecule has 8 nitrogen and oxygen atoms in total. The number of carbonyl (C=O) groups is 2. The number of carbonyl (C=O) groups excluding carboxylic acids is 2. The number of hydrogen-bond donors (Lipinski definition) is 1. The average Bonchev–Trinajstić information content (AvgIpc) is 2.54. The second kappa shape index (κ2) is 6.53. The first kappa shape index (κ1) is 16.6. The van der Waals surface area contributed by atoms with Gasteiger partial charge < -0.3 is 10.1 Å². The lowest BCUT2D eigenvalue weighted by Gasteiger charge is -2.09. The van der Waals surface area contributed by atoms with Crippen LogP contribution in [0, 0.1) is 0 Å². The van der Waals surface area contributed by atoms with Gasteiger partial charge in [0.15, 0.2) is 0 Å². The largest absolute Gasteiger partial charge is 0.465 e. The van der Waals surface area contributed by atoms with Crippen LogP contribution in [0.3, 0.4) is 0 Å². The molecule has 0 spiro atoms. The van der Waals surface area contributed by atoms with Gasteiger partial charge in [0, 0.05) is 18.6 Å². The summed E-state index contributed by atoms with van der Waals surface area (Å²) in [5.41, 5.74) is 0.505. The summed E-state index contributed by atoms with van der Waals surface area (Å²) in [4.78, 5) is 31.1. The number of anilines is 1. The molecule has 2 aromatic rings. The Bertz CT molecular complexity index is 847. The number of methoxy groups -OCH3 is 1. The normalized spacial score (nSPS) is 10.9. The van der Waals surface area contributed by atoms with Gasteiger partial charge in [0.1, 0.15) is 0 Å². The zero-order valence-corrected chi connectivity index (χ0v) is 13.1. The molecular formula is C14H13N3O5S. The molecule has 1 aromatic carbocycles. The first-order chi connectivity index (χ1) is 10.8. The lowest BCUT2D eigenvalue weighted by atomic mass is 10.1. The maximum atomic E-state index is 12.1. The van der Waals surface area contributed by atoms with E-state index in [9.17, 15) is 18.0 Å². The van der Waals surface area contributed by atoms with Crippen molar-refractivity contribution in [3.8, 4) is 0 Å². The quantitative estimate of drug-likeness (QED) is 0.652. The van der Waals surface area contributed by atoms with Crippen molar-refractivity contribution in [2.45, 2.75) is 5.16 Å². The Morgan fingerprint density at radius 3 is 2.30 bits per heavy atom. The van der Waals surface area contributed by atoms with Gasteiger partial charge in [0.05, 0.1) is 23.9 Å². The number of ether oxygens (including phenoxy) is 1. The van der Waals surface area contributed by atoms with Crippen LogP contribution < -0.4 is 5.32 Å². The number of benzene rings is 1. The molecule has 1 heterocycles. The van der Waals surface area contributed by atoms with E-state index in [1.165, 1.54) is 19.2 Å². The lowest BCUT2D eigenvalue weighted by molar-refractivity contribution is 0.0602.